The number of H-pyrrole nitrogens is 4. The molecule has 12 rings (SSSR count). The first-order chi connectivity index (χ1) is 44.9. The summed E-state index contributed by atoms with van der Waals surface area (Å²) in [5.41, 5.74) is 10.7. The summed E-state index contributed by atoms with van der Waals surface area (Å²) in [6, 6.07) is 1.79. The molecule has 0 amide bonds. The number of aliphatic hydroxyl groups is 8. The van der Waals surface area contributed by atoms with Crippen LogP contribution in [0.3, 0.4) is 0 Å². The molecule has 20 atom stereocenters. The third-order valence-electron chi connectivity index (χ3n) is 14.6. The Kier molecular flexibility index (Phi) is 21.0. The average molecular weight is 1400 g/mol. The van der Waals surface area contributed by atoms with E-state index in [0.29, 0.717) is 9.13 Å². The molecule has 6 aromatic heterocycles. The van der Waals surface area contributed by atoms with Crippen LogP contribution in [0.4, 0.5) is 64.6 Å². The van der Waals surface area contributed by atoms with Crippen molar-refractivity contribution in [1.29, 1.82) is 0 Å². The van der Waals surface area contributed by atoms with Crippen molar-refractivity contribution < 1.29 is 117 Å². The summed E-state index contributed by atoms with van der Waals surface area (Å²) in [4.78, 5) is 95.3. The number of aromatic amines is 4. The number of alkyl halides is 12. The van der Waals surface area contributed by atoms with Gasteiger partial charge in [-0.3, -0.25) is 57.4 Å². The SMILES string of the molecule is C=C1N=C(N)C=CN1[C@@H]1O[C@](F)(CO)[C@@H](O)[C@H]1F.Nc1nc2c(ncn2[C@@H]2O[C@](F)(CO)[C@@H](F)[C@H]2F)c(=O)[nH]1.Nc1nc2c(ncn2[C@@H]2O[C@](F)(CO)[C@@H](O)[C@H]2F)c(=O)[nH]1.O=c1ccn([C@@H]2O[C@](F)(CO)[C@@H](F)[C@H]2F)c(=O)[nH]1.O=c1ccn([C@@H]2O[C@](F)(CO)[C@@H](O)[C@H]2F)c(=O)[nH]1. The Balaban J connectivity index is 0.000000154. The average Bonchev–Trinajstić information content (AvgIpc) is 1.65. The minimum atomic E-state index is -3.21. The van der Waals surface area contributed by atoms with E-state index in [1.807, 2.05) is 4.98 Å². The normalized spacial score (nSPS) is 35.4. The van der Waals surface area contributed by atoms with Gasteiger partial charge in [-0.2, -0.15) is 9.97 Å². The Hall–Kier alpha value is -8.95. The van der Waals surface area contributed by atoms with Crippen molar-refractivity contribution >= 4 is 40.1 Å². The van der Waals surface area contributed by atoms with E-state index < -0.39 is 189 Å². The fraction of sp³-hybridized carbons (Fsp3) is 0.521. The van der Waals surface area contributed by atoms with Gasteiger partial charge in [0, 0.05) is 30.7 Å². The van der Waals surface area contributed by atoms with Crippen LogP contribution >= 0.6 is 0 Å². The van der Waals surface area contributed by atoms with Crippen molar-refractivity contribution in [2.45, 2.75) is 122 Å². The number of rotatable bonds is 10. The second kappa shape index (κ2) is 27.6. The molecule has 0 unspecified atom stereocenters. The van der Waals surface area contributed by atoms with Crippen molar-refractivity contribution in [3.05, 3.63) is 124 Å². The summed E-state index contributed by atoms with van der Waals surface area (Å²) in [6.07, 6.45) is -25.4. The Labute approximate surface area is 521 Å². The fourth-order valence-electron chi connectivity index (χ4n) is 9.54. The highest BCUT2D eigenvalue weighted by Gasteiger charge is 2.62. The van der Waals surface area contributed by atoms with Crippen LogP contribution in [0.15, 0.2) is 95.6 Å². The number of aromatic nitrogens is 12. The highest BCUT2D eigenvalue weighted by atomic mass is 19.2. The number of nitrogens with zero attached hydrogens (tertiary/aromatic N) is 10. The standard InChI is InChI=1S/C10H10F3N5O3.C10H11F2N5O4.C10H13F2N3O3.C9H9F3N2O4.C9H10F2N2O5/c11-3-5(12)10(13,1-19)21-8(3)18-2-15-4-6(18)16-9(14)17-7(4)20;11-3-5(19)10(12,1-18)21-8(3)17-2-14-4-6(17)15-9(13)16-7(4)20;1-5-14-6(13)2-3-15(5)9-7(11)8(17)10(12,4-16)18-9;10-5-6(11)9(12,3-15)18-7(5)14-2-1-4(16)13-8(14)17;10-5-6(16)9(11,3-14)18-7(5)13-2-1-4(15)12-8(13)17/h2-3,5,8,19H,1H2,(H3,14,16,17,20);2-3,5,8,18-19H,1H2,(H3,13,15,16,20);2-3,7-9,16-17H,1,4H2,(H2,13,14);1-2,5-7,15H,3H2,(H,13,16,17);1-2,5-7,14,16H,3H2,(H,12,15,17)/t2*3-,5+,8-,10-;7-,8+,9-,10-;2*5-,6+,7-,9-/m11111/s1. The van der Waals surface area contributed by atoms with Crippen molar-refractivity contribution in [2.75, 3.05) is 44.5 Å². The van der Waals surface area contributed by atoms with Crippen LogP contribution in [0.25, 0.3) is 22.3 Å². The maximum atomic E-state index is 14.0. The van der Waals surface area contributed by atoms with Crippen LogP contribution in [0, 0.1) is 0 Å². The van der Waals surface area contributed by atoms with Gasteiger partial charge in [-0.1, -0.05) is 6.58 Å². The molecule has 528 valence electrons. The topological polar surface area (TPSA) is 539 Å². The maximum absolute atomic E-state index is 14.0. The van der Waals surface area contributed by atoms with Gasteiger partial charge in [0.05, 0.1) is 12.7 Å². The number of nitrogen functional groups attached to an aromatic ring is 2. The number of aliphatic hydroxyl groups excluding tert-OH is 8. The van der Waals surface area contributed by atoms with Gasteiger partial charge in [0.1, 0.15) is 44.7 Å². The molecule has 6 aromatic rings. The lowest BCUT2D eigenvalue weighted by Crippen LogP contribution is -2.41. The van der Waals surface area contributed by atoms with Gasteiger partial charge in [0.25, 0.3) is 51.5 Å². The van der Waals surface area contributed by atoms with Gasteiger partial charge in [-0.05, 0) is 6.08 Å². The van der Waals surface area contributed by atoms with E-state index in [9.17, 15) is 96.8 Å². The Morgan fingerprint density at radius 3 is 1.15 bits per heavy atom. The lowest BCUT2D eigenvalue weighted by Gasteiger charge is -2.29. The van der Waals surface area contributed by atoms with Gasteiger partial charge in [0.2, 0.25) is 11.9 Å². The molecule has 36 nitrogen and oxygen atoms in total. The first-order valence-electron chi connectivity index (χ1n) is 26.9. The molecule has 0 radical (unpaired) electrons. The first kappa shape index (κ1) is 72.9. The number of anilines is 2. The van der Waals surface area contributed by atoms with Crippen molar-refractivity contribution in [1.82, 2.24) is 63.0 Å². The molecule has 0 aromatic carbocycles. The van der Waals surface area contributed by atoms with Crippen LogP contribution in [-0.4, -0.2) is 240 Å². The fourth-order valence-corrected chi connectivity index (χ4v) is 9.54. The summed E-state index contributed by atoms with van der Waals surface area (Å²) in [5, 5.41) is 72.0. The molecule has 6 aliphatic heterocycles. The van der Waals surface area contributed by atoms with Gasteiger partial charge in [-0.25, -0.2) is 77.2 Å². The van der Waals surface area contributed by atoms with E-state index in [-0.39, 0.29) is 45.9 Å². The number of nitrogens with one attached hydrogen (secondary N) is 4. The number of ether oxygens (including phenoxy) is 5. The summed E-state index contributed by atoms with van der Waals surface area (Å²) >= 11 is 0. The second-order valence-corrected chi connectivity index (χ2v) is 20.9. The number of nitrogens with two attached hydrogens (primary N) is 3. The van der Waals surface area contributed by atoms with E-state index >= 15 is 0 Å². The quantitative estimate of drug-likeness (QED) is 0.0573. The zero-order valence-electron chi connectivity index (χ0n) is 47.8. The molecule has 0 aliphatic carbocycles. The number of halogens is 12. The molecule has 5 saturated heterocycles. The Morgan fingerprint density at radius 1 is 0.490 bits per heavy atom. The molecule has 96 heavy (non-hydrogen) atoms. The van der Waals surface area contributed by atoms with E-state index in [0.717, 1.165) is 51.2 Å². The Morgan fingerprint density at radius 2 is 0.812 bits per heavy atom. The summed E-state index contributed by atoms with van der Waals surface area (Å²) in [7, 11) is 0. The van der Waals surface area contributed by atoms with E-state index in [1.54, 1.807) is 4.98 Å². The number of hydrogen-bond donors (Lipinski definition) is 15. The highest BCUT2D eigenvalue weighted by molar-refractivity contribution is 5.92. The van der Waals surface area contributed by atoms with Gasteiger partial charge >= 0.3 is 11.4 Å². The van der Waals surface area contributed by atoms with Gasteiger partial charge < -0.3 is 86.6 Å². The summed E-state index contributed by atoms with van der Waals surface area (Å²) in [5.74, 6) is -15.5. The van der Waals surface area contributed by atoms with Crippen molar-refractivity contribution in [2.24, 2.45) is 10.7 Å². The Bertz CT molecular complexity index is 4040. The van der Waals surface area contributed by atoms with Crippen LogP contribution in [0.1, 0.15) is 24.9 Å². The first-order valence-corrected chi connectivity index (χ1v) is 26.9. The van der Waals surface area contributed by atoms with Crippen LogP contribution in [0.2, 0.25) is 0 Å². The minimum Gasteiger partial charge on any atom is -0.390 e. The zero-order chi connectivity index (χ0) is 71.2. The molecular weight excluding hydrogens is 1350 g/mol. The third kappa shape index (κ3) is 13.6. The highest BCUT2D eigenvalue weighted by Crippen LogP contribution is 2.45. The molecule has 12 heterocycles. The lowest BCUT2D eigenvalue weighted by molar-refractivity contribution is -0.209. The number of aliphatic imine (C=N–C) groups is 1. The smallest absolute Gasteiger partial charge is 0.330 e. The largest absolute Gasteiger partial charge is 0.390 e. The molecule has 0 bridgehead atoms. The number of amidine groups is 1. The monoisotopic (exact) mass is 1400 g/mol. The zero-order valence-corrected chi connectivity index (χ0v) is 47.8. The predicted molar refractivity (Wildman–Crippen MR) is 292 cm³/mol. The van der Waals surface area contributed by atoms with Crippen LogP contribution in [-0.2, 0) is 23.7 Å². The minimum absolute atomic E-state index is 0.0528. The van der Waals surface area contributed by atoms with Gasteiger partial charge in [-0.15, -0.1) is 0 Å². The molecule has 48 heteroatoms. The van der Waals surface area contributed by atoms with E-state index in [1.165, 1.54) is 12.3 Å². The molecule has 0 spiro atoms. The molecule has 5 fully saturated rings. The molecule has 0 saturated carbocycles. The molecular formula is C48H53F12N17O19. The van der Waals surface area contributed by atoms with Crippen LogP contribution in [0.5, 0.6) is 0 Å². The number of hydrogen-bond acceptors (Lipinski definition) is 28. The van der Waals surface area contributed by atoms with Crippen molar-refractivity contribution in [3.63, 3.8) is 0 Å². The van der Waals surface area contributed by atoms with E-state index in [4.69, 9.17) is 52.2 Å². The van der Waals surface area contributed by atoms with Crippen molar-refractivity contribution in [3.8, 4) is 0 Å². The lowest BCUT2D eigenvalue weighted by atomic mass is 10.1. The van der Waals surface area contributed by atoms with Gasteiger partial charge in [0.15, 0.2) is 115 Å². The second-order valence-electron chi connectivity index (χ2n) is 20.9. The molecule has 6 aliphatic rings. The predicted octanol–water partition coefficient (Wildman–Crippen LogP) is -4.67. The maximum Gasteiger partial charge on any atom is 0.330 e. The number of imidazole rings is 2. The molecule has 18 N–H and O–H groups in total. The number of fused-ring (bicyclic) bond motifs is 2. The summed E-state index contributed by atoms with van der Waals surface area (Å²) < 4.78 is 191. The third-order valence-corrected chi connectivity index (χ3v) is 14.6. The van der Waals surface area contributed by atoms with E-state index in [2.05, 4.69) is 55.7 Å². The summed E-state index contributed by atoms with van der Waals surface area (Å²) in [6.45, 7) is -2.86. The van der Waals surface area contributed by atoms with Crippen LogP contribution < -0.4 is 50.8 Å².